The number of pyridine rings is 1. The number of anilines is 1. The number of nitrogens with two attached hydrogens (primary N) is 1. The van der Waals surface area contributed by atoms with Gasteiger partial charge in [-0.15, -0.1) is 0 Å². The molecule has 0 bridgehead atoms. The SMILES string of the molecule is NC(=NCc1ccc(OCC(F)(F)F)nc1)Nc1ccccc1. The second-order valence-electron chi connectivity index (χ2n) is 4.60. The van der Waals surface area contributed by atoms with Crippen LogP contribution in [0.25, 0.3) is 0 Å². The fourth-order valence-electron chi connectivity index (χ4n) is 1.63. The Balaban J connectivity index is 1.87. The van der Waals surface area contributed by atoms with Crippen molar-refractivity contribution < 1.29 is 17.9 Å². The second kappa shape index (κ2) is 7.48. The van der Waals surface area contributed by atoms with Crippen molar-refractivity contribution in [2.45, 2.75) is 12.7 Å². The molecule has 2 rings (SSSR count). The van der Waals surface area contributed by atoms with Gasteiger partial charge >= 0.3 is 6.18 Å². The lowest BCUT2D eigenvalue weighted by Crippen LogP contribution is -2.22. The van der Waals surface area contributed by atoms with Gasteiger partial charge < -0.3 is 15.8 Å². The van der Waals surface area contributed by atoms with Crippen LogP contribution >= 0.6 is 0 Å². The van der Waals surface area contributed by atoms with Crippen LogP contribution in [0.2, 0.25) is 0 Å². The Hall–Kier alpha value is -2.77. The molecule has 0 saturated carbocycles. The summed E-state index contributed by atoms with van der Waals surface area (Å²) in [5.74, 6) is 0.138. The number of alkyl halides is 3. The van der Waals surface area contributed by atoms with Crippen LogP contribution in [-0.2, 0) is 6.54 Å². The molecular formula is C15H15F3N4O. The first-order valence-corrected chi connectivity index (χ1v) is 6.69. The average Bonchev–Trinajstić information content (AvgIpc) is 2.52. The highest BCUT2D eigenvalue weighted by atomic mass is 19.4. The zero-order chi connectivity index (χ0) is 16.7. The van der Waals surface area contributed by atoms with E-state index in [-0.39, 0.29) is 18.4 Å². The third-order valence-corrected chi connectivity index (χ3v) is 2.66. The van der Waals surface area contributed by atoms with Crippen LogP contribution in [0.5, 0.6) is 5.88 Å². The lowest BCUT2D eigenvalue weighted by molar-refractivity contribution is -0.154. The maximum Gasteiger partial charge on any atom is 0.422 e. The summed E-state index contributed by atoms with van der Waals surface area (Å²) in [5.41, 5.74) is 7.25. The molecule has 0 radical (unpaired) electrons. The number of rotatable bonds is 5. The van der Waals surface area contributed by atoms with Gasteiger partial charge in [-0.3, -0.25) is 0 Å². The minimum absolute atomic E-state index is 0.0922. The number of hydrogen-bond donors (Lipinski definition) is 2. The van der Waals surface area contributed by atoms with Gasteiger partial charge in [0.15, 0.2) is 12.6 Å². The van der Waals surface area contributed by atoms with Crippen molar-refractivity contribution in [2.24, 2.45) is 10.7 Å². The second-order valence-corrected chi connectivity index (χ2v) is 4.60. The number of ether oxygens (including phenoxy) is 1. The number of nitrogens with one attached hydrogen (secondary N) is 1. The highest BCUT2D eigenvalue weighted by Crippen LogP contribution is 2.17. The van der Waals surface area contributed by atoms with E-state index in [0.29, 0.717) is 5.56 Å². The van der Waals surface area contributed by atoms with Gasteiger partial charge in [-0.2, -0.15) is 13.2 Å². The lowest BCUT2D eigenvalue weighted by Gasteiger charge is -2.08. The quantitative estimate of drug-likeness (QED) is 0.655. The standard InChI is InChI=1S/C15H15F3N4O/c16-15(17,18)10-23-13-7-6-11(8-20-13)9-21-14(19)22-12-4-2-1-3-5-12/h1-8H,9-10H2,(H3,19,21,22). The Morgan fingerprint density at radius 3 is 2.52 bits per heavy atom. The molecule has 0 fully saturated rings. The molecule has 0 saturated heterocycles. The molecule has 1 aromatic heterocycles. The number of aromatic nitrogens is 1. The molecule has 0 aliphatic rings. The van der Waals surface area contributed by atoms with Crippen LogP contribution < -0.4 is 15.8 Å². The zero-order valence-electron chi connectivity index (χ0n) is 12.0. The number of benzene rings is 1. The lowest BCUT2D eigenvalue weighted by atomic mass is 10.3. The Bertz CT molecular complexity index is 642. The molecule has 0 spiro atoms. The predicted octanol–water partition coefficient (Wildman–Crippen LogP) is 2.95. The fourth-order valence-corrected chi connectivity index (χ4v) is 1.63. The van der Waals surface area contributed by atoms with E-state index in [4.69, 9.17) is 5.73 Å². The smallest absolute Gasteiger partial charge is 0.422 e. The third-order valence-electron chi connectivity index (χ3n) is 2.66. The summed E-state index contributed by atoms with van der Waals surface area (Å²) in [6, 6.07) is 12.2. The maximum atomic E-state index is 12.0. The van der Waals surface area contributed by atoms with Gasteiger partial charge in [0.05, 0.1) is 6.54 Å². The monoisotopic (exact) mass is 324 g/mol. The molecule has 0 amide bonds. The number of aliphatic imine (C=N–C) groups is 1. The molecule has 1 heterocycles. The highest BCUT2D eigenvalue weighted by molar-refractivity contribution is 5.92. The zero-order valence-corrected chi connectivity index (χ0v) is 12.0. The molecule has 23 heavy (non-hydrogen) atoms. The van der Waals surface area contributed by atoms with Crippen molar-refractivity contribution >= 4 is 11.6 Å². The average molecular weight is 324 g/mol. The number of nitrogens with zero attached hydrogens (tertiary/aromatic N) is 2. The number of guanidine groups is 1. The Kier molecular flexibility index (Phi) is 5.40. The van der Waals surface area contributed by atoms with E-state index >= 15 is 0 Å². The van der Waals surface area contributed by atoms with E-state index in [1.54, 1.807) is 6.07 Å². The van der Waals surface area contributed by atoms with Crippen LogP contribution in [-0.4, -0.2) is 23.7 Å². The molecule has 0 atom stereocenters. The van der Waals surface area contributed by atoms with Gasteiger partial charge in [0, 0.05) is 18.0 Å². The largest absolute Gasteiger partial charge is 0.468 e. The normalized spacial score (nSPS) is 12.0. The van der Waals surface area contributed by atoms with Gasteiger partial charge in [-0.25, -0.2) is 9.98 Å². The van der Waals surface area contributed by atoms with E-state index in [2.05, 4.69) is 20.0 Å². The topological polar surface area (TPSA) is 72.5 Å². The van der Waals surface area contributed by atoms with Gasteiger partial charge in [0.1, 0.15) is 0 Å². The predicted molar refractivity (Wildman–Crippen MR) is 81.2 cm³/mol. The highest BCUT2D eigenvalue weighted by Gasteiger charge is 2.28. The van der Waals surface area contributed by atoms with Gasteiger partial charge in [0.2, 0.25) is 5.88 Å². The summed E-state index contributed by atoms with van der Waals surface area (Å²) in [6.07, 6.45) is -2.99. The van der Waals surface area contributed by atoms with Crippen molar-refractivity contribution in [3.05, 3.63) is 54.2 Å². The van der Waals surface area contributed by atoms with Crippen LogP contribution in [0.3, 0.4) is 0 Å². The summed E-state index contributed by atoms with van der Waals surface area (Å²) < 4.78 is 40.6. The molecule has 8 heteroatoms. The fraction of sp³-hybridized carbons (Fsp3) is 0.200. The summed E-state index contributed by atoms with van der Waals surface area (Å²) in [6.45, 7) is -1.12. The van der Waals surface area contributed by atoms with E-state index in [0.717, 1.165) is 5.69 Å². The van der Waals surface area contributed by atoms with Crippen molar-refractivity contribution in [3.8, 4) is 5.88 Å². The van der Waals surface area contributed by atoms with Crippen molar-refractivity contribution in [1.82, 2.24) is 4.98 Å². The summed E-state index contributed by atoms with van der Waals surface area (Å²) in [5, 5.41) is 2.92. The molecule has 122 valence electrons. The molecule has 0 aliphatic carbocycles. The van der Waals surface area contributed by atoms with Crippen molar-refractivity contribution in [2.75, 3.05) is 11.9 Å². The van der Waals surface area contributed by atoms with E-state index < -0.39 is 12.8 Å². The summed E-state index contributed by atoms with van der Waals surface area (Å²) in [7, 11) is 0. The molecule has 5 nitrogen and oxygen atoms in total. The summed E-state index contributed by atoms with van der Waals surface area (Å²) >= 11 is 0. The Labute approximate surface area is 131 Å². The van der Waals surface area contributed by atoms with E-state index in [1.807, 2.05) is 30.3 Å². The van der Waals surface area contributed by atoms with Gasteiger partial charge in [0.25, 0.3) is 0 Å². The number of hydrogen-bond acceptors (Lipinski definition) is 3. The van der Waals surface area contributed by atoms with Gasteiger partial charge in [-0.05, 0) is 17.7 Å². The van der Waals surface area contributed by atoms with Crippen molar-refractivity contribution in [3.63, 3.8) is 0 Å². The molecule has 3 N–H and O–H groups in total. The molecule has 0 aliphatic heterocycles. The van der Waals surface area contributed by atoms with Crippen LogP contribution in [0.4, 0.5) is 18.9 Å². The first-order valence-electron chi connectivity index (χ1n) is 6.69. The Morgan fingerprint density at radius 2 is 1.91 bits per heavy atom. The number of halogens is 3. The molecule has 2 aromatic rings. The van der Waals surface area contributed by atoms with Crippen LogP contribution in [0.15, 0.2) is 53.7 Å². The minimum atomic E-state index is -4.39. The molecule has 0 unspecified atom stereocenters. The third kappa shape index (κ3) is 6.25. The van der Waals surface area contributed by atoms with Crippen molar-refractivity contribution in [1.29, 1.82) is 0 Å². The summed E-state index contributed by atoms with van der Waals surface area (Å²) in [4.78, 5) is 7.92. The number of para-hydroxylation sites is 1. The van der Waals surface area contributed by atoms with E-state index in [1.165, 1.54) is 12.3 Å². The first-order chi connectivity index (χ1) is 10.9. The van der Waals surface area contributed by atoms with E-state index in [9.17, 15) is 13.2 Å². The van der Waals surface area contributed by atoms with Gasteiger partial charge in [-0.1, -0.05) is 24.3 Å². The maximum absolute atomic E-state index is 12.0. The molecular weight excluding hydrogens is 309 g/mol. The first kappa shape index (κ1) is 16.6. The van der Waals surface area contributed by atoms with Crippen LogP contribution in [0, 0.1) is 0 Å². The minimum Gasteiger partial charge on any atom is -0.468 e. The Morgan fingerprint density at radius 1 is 1.17 bits per heavy atom. The molecule has 1 aromatic carbocycles. The van der Waals surface area contributed by atoms with Crippen LogP contribution in [0.1, 0.15) is 5.56 Å².